The van der Waals surface area contributed by atoms with E-state index in [-0.39, 0.29) is 0 Å². The number of hydrogen-bond donors (Lipinski definition) is 1. The van der Waals surface area contributed by atoms with Crippen LogP contribution in [-0.2, 0) is 20.2 Å². The van der Waals surface area contributed by atoms with Gasteiger partial charge in [0.15, 0.2) is 0 Å². The lowest BCUT2D eigenvalue weighted by Crippen LogP contribution is -2.11. The first-order chi connectivity index (χ1) is 9.19. The zero-order valence-electron chi connectivity index (χ0n) is 11.2. The van der Waals surface area contributed by atoms with Crippen molar-refractivity contribution in [3.8, 4) is 5.75 Å². The molecule has 0 bridgehead atoms. The minimum atomic E-state index is 0.478. The van der Waals surface area contributed by atoms with Gasteiger partial charge in [0, 0.05) is 19.8 Å². The van der Waals surface area contributed by atoms with E-state index in [0.717, 1.165) is 29.0 Å². The van der Waals surface area contributed by atoms with Crippen molar-refractivity contribution in [1.82, 2.24) is 15.1 Å². The molecule has 0 saturated carbocycles. The lowest BCUT2D eigenvalue weighted by Gasteiger charge is -2.09. The summed E-state index contributed by atoms with van der Waals surface area (Å²) in [7, 11) is 1.90. The number of rotatable bonds is 6. The molecule has 1 aromatic heterocycles. The monoisotopic (exact) mass is 323 g/mol. The Hall–Kier alpha value is -1.33. The van der Waals surface area contributed by atoms with Gasteiger partial charge in [-0.2, -0.15) is 5.10 Å². The lowest BCUT2D eigenvalue weighted by molar-refractivity contribution is 0.298. The zero-order chi connectivity index (χ0) is 13.7. The molecule has 0 aliphatic rings. The number of benzene rings is 1. The molecule has 19 heavy (non-hydrogen) atoms. The highest BCUT2D eigenvalue weighted by molar-refractivity contribution is 9.10. The number of ether oxygens (including phenoxy) is 1. The summed E-state index contributed by atoms with van der Waals surface area (Å²) in [6.07, 6.45) is 1.91. The summed E-state index contributed by atoms with van der Waals surface area (Å²) in [6.45, 7) is 4.41. The Labute approximate surface area is 121 Å². The summed E-state index contributed by atoms with van der Waals surface area (Å²) in [4.78, 5) is 0. The van der Waals surface area contributed by atoms with Crippen LogP contribution < -0.4 is 10.1 Å². The van der Waals surface area contributed by atoms with Gasteiger partial charge in [-0.05, 0) is 46.2 Å². The predicted molar refractivity (Wildman–Crippen MR) is 79.1 cm³/mol. The van der Waals surface area contributed by atoms with E-state index in [1.54, 1.807) is 4.68 Å². The van der Waals surface area contributed by atoms with Gasteiger partial charge in [0.25, 0.3) is 0 Å². The average Bonchev–Trinajstić information content (AvgIpc) is 2.81. The van der Waals surface area contributed by atoms with Gasteiger partial charge in [-0.25, -0.2) is 0 Å². The molecule has 2 rings (SSSR count). The molecule has 2 aromatic rings. The minimum Gasteiger partial charge on any atom is -0.486 e. The molecular weight excluding hydrogens is 306 g/mol. The Bertz CT molecular complexity index is 539. The molecule has 0 unspecified atom stereocenters. The molecular formula is C14H18BrN3O. The van der Waals surface area contributed by atoms with Gasteiger partial charge in [-0.3, -0.25) is 4.68 Å². The van der Waals surface area contributed by atoms with Gasteiger partial charge in [-0.15, -0.1) is 0 Å². The topological polar surface area (TPSA) is 39.1 Å². The van der Waals surface area contributed by atoms with Gasteiger partial charge < -0.3 is 10.1 Å². The average molecular weight is 324 g/mol. The maximum Gasteiger partial charge on any atom is 0.134 e. The Morgan fingerprint density at radius 3 is 2.84 bits per heavy atom. The molecule has 1 N–H and O–H groups in total. The van der Waals surface area contributed by atoms with E-state index in [9.17, 15) is 0 Å². The summed E-state index contributed by atoms with van der Waals surface area (Å²) >= 11 is 3.54. The van der Waals surface area contributed by atoms with Gasteiger partial charge in [-0.1, -0.05) is 13.0 Å². The second-order valence-electron chi connectivity index (χ2n) is 4.31. The third kappa shape index (κ3) is 4.08. The largest absolute Gasteiger partial charge is 0.486 e. The second kappa shape index (κ2) is 6.73. The van der Waals surface area contributed by atoms with E-state index in [0.29, 0.717) is 6.61 Å². The summed E-state index contributed by atoms with van der Waals surface area (Å²) in [5, 5.41) is 7.58. The van der Waals surface area contributed by atoms with Crippen molar-refractivity contribution in [3.63, 3.8) is 0 Å². The number of aryl methyl sites for hydroxylation is 1. The van der Waals surface area contributed by atoms with Crippen molar-refractivity contribution in [1.29, 1.82) is 0 Å². The van der Waals surface area contributed by atoms with Crippen molar-refractivity contribution in [2.24, 2.45) is 7.05 Å². The molecule has 1 heterocycles. The number of halogens is 1. The molecule has 0 radical (unpaired) electrons. The molecule has 0 fully saturated rings. The van der Waals surface area contributed by atoms with E-state index < -0.39 is 0 Å². The van der Waals surface area contributed by atoms with Crippen LogP contribution in [0.2, 0.25) is 0 Å². The van der Waals surface area contributed by atoms with Crippen LogP contribution >= 0.6 is 15.9 Å². The fourth-order valence-corrected chi connectivity index (χ4v) is 2.27. The highest BCUT2D eigenvalue weighted by Gasteiger charge is 2.04. The maximum atomic E-state index is 5.75. The molecule has 102 valence electrons. The van der Waals surface area contributed by atoms with Crippen LogP contribution in [0, 0.1) is 0 Å². The zero-order valence-corrected chi connectivity index (χ0v) is 12.8. The van der Waals surface area contributed by atoms with E-state index in [1.165, 1.54) is 5.56 Å². The van der Waals surface area contributed by atoms with Gasteiger partial charge in [0.1, 0.15) is 12.4 Å². The smallest absolute Gasteiger partial charge is 0.134 e. The van der Waals surface area contributed by atoms with Gasteiger partial charge in [0.05, 0.1) is 10.2 Å². The van der Waals surface area contributed by atoms with E-state index >= 15 is 0 Å². The highest BCUT2D eigenvalue weighted by atomic mass is 79.9. The van der Waals surface area contributed by atoms with E-state index in [2.05, 4.69) is 45.4 Å². The van der Waals surface area contributed by atoms with Crippen LogP contribution in [0.1, 0.15) is 18.2 Å². The highest BCUT2D eigenvalue weighted by Crippen LogP contribution is 2.26. The SMILES string of the molecule is CCNCc1ccc(OCc2ccn(C)n2)c(Br)c1. The molecule has 4 nitrogen and oxygen atoms in total. The number of aromatic nitrogens is 2. The quantitative estimate of drug-likeness (QED) is 0.888. The van der Waals surface area contributed by atoms with Crippen LogP contribution in [0.3, 0.4) is 0 Å². The summed E-state index contributed by atoms with van der Waals surface area (Å²) in [5.41, 5.74) is 2.16. The predicted octanol–water partition coefficient (Wildman–Crippen LogP) is 2.87. The van der Waals surface area contributed by atoms with Gasteiger partial charge >= 0.3 is 0 Å². The molecule has 0 amide bonds. The maximum absolute atomic E-state index is 5.75. The fraction of sp³-hybridized carbons (Fsp3) is 0.357. The lowest BCUT2D eigenvalue weighted by atomic mass is 10.2. The molecule has 0 saturated heterocycles. The molecule has 0 aliphatic carbocycles. The number of nitrogens with one attached hydrogen (secondary N) is 1. The van der Waals surface area contributed by atoms with Crippen molar-refractivity contribution in [2.45, 2.75) is 20.1 Å². The van der Waals surface area contributed by atoms with Crippen LogP contribution in [0.4, 0.5) is 0 Å². The summed E-state index contributed by atoms with van der Waals surface area (Å²) < 4.78 is 8.49. The van der Waals surface area contributed by atoms with Crippen molar-refractivity contribution < 1.29 is 4.74 Å². The van der Waals surface area contributed by atoms with Crippen molar-refractivity contribution in [3.05, 3.63) is 46.2 Å². The first kappa shape index (κ1) is 14.1. The van der Waals surface area contributed by atoms with E-state index in [4.69, 9.17) is 4.74 Å². The standard InChI is InChI=1S/C14H18BrN3O/c1-3-16-9-11-4-5-14(13(15)8-11)19-10-12-6-7-18(2)17-12/h4-8,16H,3,9-10H2,1-2H3. The third-order valence-electron chi connectivity index (χ3n) is 2.72. The Balaban J connectivity index is 1.96. The molecule has 0 aliphatic heterocycles. The Morgan fingerprint density at radius 1 is 1.37 bits per heavy atom. The third-order valence-corrected chi connectivity index (χ3v) is 3.34. The first-order valence-electron chi connectivity index (χ1n) is 6.29. The van der Waals surface area contributed by atoms with E-state index in [1.807, 2.05) is 25.4 Å². The molecule has 0 spiro atoms. The van der Waals surface area contributed by atoms with Gasteiger partial charge in [0.2, 0.25) is 0 Å². The minimum absolute atomic E-state index is 0.478. The summed E-state index contributed by atoms with van der Waals surface area (Å²) in [5.74, 6) is 0.839. The normalized spacial score (nSPS) is 10.7. The van der Waals surface area contributed by atoms with Crippen LogP contribution in [0.25, 0.3) is 0 Å². The molecule has 5 heteroatoms. The second-order valence-corrected chi connectivity index (χ2v) is 5.17. The summed E-state index contributed by atoms with van der Waals surface area (Å²) in [6, 6.07) is 8.09. The number of hydrogen-bond acceptors (Lipinski definition) is 3. The van der Waals surface area contributed by atoms with Crippen LogP contribution in [0.5, 0.6) is 5.75 Å². The Morgan fingerprint density at radius 2 is 2.21 bits per heavy atom. The van der Waals surface area contributed by atoms with Crippen molar-refractivity contribution in [2.75, 3.05) is 6.54 Å². The number of nitrogens with zero attached hydrogens (tertiary/aromatic N) is 2. The molecule has 0 atom stereocenters. The fourth-order valence-electron chi connectivity index (χ4n) is 1.73. The van der Waals surface area contributed by atoms with Crippen molar-refractivity contribution >= 4 is 15.9 Å². The molecule has 1 aromatic carbocycles. The van der Waals surface area contributed by atoms with Crippen LogP contribution in [-0.4, -0.2) is 16.3 Å². The van der Waals surface area contributed by atoms with Crippen LogP contribution in [0.15, 0.2) is 34.9 Å². The Kier molecular flexibility index (Phi) is 4.99. The first-order valence-corrected chi connectivity index (χ1v) is 7.09.